The van der Waals surface area contributed by atoms with Gasteiger partial charge in [-0.1, -0.05) is 0 Å². The summed E-state index contributed by atoms with van der Waals surface area (Å²) >= 11 is 1.06. The van der Waals surface area contributed by atoms with Crippen molar-refractivity contribution in [3.63, 3.8) is 0 Å². The molecule has 9 heteroatoms. The second-order valence-electron chi connectivity index (χ2n) is 5.50. The zero-order chi connectivity index (χ0) is 20.0. The number of aromatic nitrogens is 2. The first-order chi connectivity index (χ1) is 12.9. The van der Waals surface area contributed by atoms with Crippen molar-refractivity contribution in [1.29, 1.82) is 0 Å². The minimum absolute atomic E-state index is 0.106. The molecule has 0 aliphatic carbocycles. The molecule has 0 atom stereocenters. The van der Waals surface area contributed by atoms with E-state index in [0.29, 0.717) is 23.5 Å². The van der Waals surface area contributed by atoms with Crippen LogP contribution in [0.15, 0.2) is 18.6 Å². The van der Waals surface area contributed by atoms with Gasteiger partial charge in [0.15, 0.2) is 0 Å². The van der Waals surface area contributed by atoms with E-state index in [-0.39, 0.29) is 28.8 Å². The summed E-state index contributed by atoms with van der Waals surface area (Å²) in [7, 11) is 0. The zero-order valence-corrected chi connectivity index (χ0v) is 16.6. The quantitative estimate of drug-likeness (QED) is 0.730. The van der Waals surface area contributed by atoms with Gasteiger partial charge in [-0.05, 0) is 33.3 Å². The summed E-state index contributed by atoms with van der Waals surface area (Å²) < 4.78 is 5.11. The lowest BCUT2D eigenvalue weighted by molar-refractivity contribution is 0.0527. The third-order valence-corrected chi connectivity index (χ3v) is 5.09. The second-order valence-corrected chi connectivity index (χ2v) is 6.52. The van der Waals surface area contributed by atoms with E-state index < -0.39 is 11.9 Å². The minimum Gasteiger partial charge on any atom is -0.462 e. The van der Waals surface area contributed by atoms with Crippen LogP contribution < -0.4 is 5.32 Å². The number of esters is 1. The van der Waals surface area contributed by atoms with Crippen LogP contribution in [0.1, 0.15) is 56.9 Å². The maximum atomic E-state index is 12.8. The molecule has 0 fully saturated rings. The first-order valence-electron chi connectivity index (χ1n) is 8.61. The molecule has 0 spiro atoms. The average Bonchev–Trinajstić information content (AvgIpc) is 2.99. The first-order valence-corrected chi connectivity index (χ1v) is 9.43. The summed E-state index contributed by atoms with van der Waals surface area (Å²) in [6.07, 6.45) is 4.18. The zero-order valence-electron chi connectivity index (χ0n) is 15.7. The Labute approximate surface area is 161 Å². The Hall–Kier alpha value is -2.81. The van der Waals surface area contributed by atoms with Crippen LogP contribution in [0.5, 0.6) is 0 Å². The van der Waals surface area contributed by atoms with Crippen LogP contribution in [0.2, 0.25) is 0 Å². The average molecular weight is 390 g/mol. The number of amides is 2. The maximum absolute atomic E-state index is 12.8. The molecule has 0 unspecified atom stereocenters. The van der Waals surface area contributed by atoms with Crippen molar-refractivity contribution in [2.75, 3.05) is 25.0 Å². The van der Waals surface area contributed by atoms with Crippen molar-refractivity contribution in [2.24, 2.45) is 0 Å². The number of carbonyl (C=O) groups excluding carboxylic acids is 3. The number of hydrogen-bond donors (Lipinski definition) is 1. The van der Waals surface area contributed by atoms with Gasteiger partial charge in [0.25, 0.3) is 11.8 Å². The number of nitrogens with zero attached hydrogens (tertiary/aromatic N) is 3. The Morgan fingerprint density at radius 3 is 2.44 bits per heavy atom. The minimum atomic E-state index is -0.584. The van der Waals surface area contributed by atoms with Crippen molar-refractivity contribution >= 4 is 34.1 Å². The lowest BCUT2D eigenvalue weighted by atomic mass is 10.1. The summed E-state index contributed by atoms with van der Waals surface area (Å²) in [4.78, 5) is 47.5. The highest BCUT2D eigenvalue weighted by Crippen LogP contribution is 2.34. The molecule has 0 bridgehead atoms. The van der Waals surface area contributed by atoms with Gasteiger partial charge in [-0.15, -0.1) is 11.3 Å². The molecule has 2 aromatic heterocycles. The Morgan fingerprint density at radius 2 is 1.89 bits per heavy atom. The number of ether oxygens (including phenoxy) is 1. The molecule has 0 aliphatic rings. The monoisotopic (exact) mass is 390 g/mol. The van der Waals surface area contributed by atoms with Crippen LogP contribution in [0, 0.1) is 6.92 Å². The summed E-state index contributed by atoms with van der Waals surface area (Å²) in [5.74, 6) is -1.29. The number of hydrogen-bond acceptors (Lipinski definition) is 7. The highest BCUT2D eigenvalue weighted by Gasteiger charge is 2.28. The highest BCUT2D eigenvalue weighted by atomic mass is 32.1. The SMILES string of the molecule is CCOC(=O)c1c(NC(=O)c2cnccn2)sc(C(=O)N(CC)CC)c1C. The molecule has 0 aliphatic heterocycles. The Morgan fingerprint density at radius 1 is 1.19 bits per heavy atom. The molecule has 1 N–H and O–H groups in total. The van der Waals surface area contributed by atoms with Gasteiger partial charge >= 0.3 is 5.97 Å². The molecular weight excluding hydrogens is 368 g/mol. The lowest BCUT2D eigenvalue weighted by Gasteiger charge is -2.18. The number of anilines is 1. The Kier molecular flexibility index (Phi) is 7.00. The number of thiophene rings is 1. The number of nitrogens with one attached hydrogen (secondary N) is 1. The number of carbonyl (C=O) groups is 3. The van der Waals surface area contributed by atoms with Gasteiger partial charge in [0, 0.05) is 25.5 Å². The summed E-state index contributed by atoms with van der Waals surface area (Å²) in [6.45, 7) is 8.41. The lowest BCUT2D eigenvalue weighted by Crippen LogP contribution is -2.30. The maximum Gasteiger partial charge on any atom is 0.341 e. The van der Waals surface area contributed by atoms with E-state index in [1.807, 2.05) is 13.8 Å². The van der Waals surface area contributed by atoms with Crippen LogP contribution in [0.4, 0.5) is 5.00 Å². The summed E-state index contributed by atoms with van der Waals surface area (Å²) in [5, 5.41) is 2.92. The van der Waals surface area contributed by atoms with Crippen molar-refractivity contribution in [2.45, 2.75) is 27.7 Å². The van der Waals surface area contributed by atoms with E-state index in [1.54, 1.807) is 18.7 Å². The fourth-order valence-electron chi connectivity index (χ4n) is 2.49. The number of rotatable bonds is 7. The van der Waals surface area contributed by atoms with Crippen LogP contribution >= 0.6 is 11.3 Å². The van der Waals surface area contributed by atoms with Gasteiger partial charge in [0.1, 0.15) is 10.7 Å². The molecular formula is C18H22N4O4S. The van der Waals surface area contributed by atoms with E-state index in [1.165, 1.54) is 18.6 Å². The van der Waals surface area contributed by atoms with Crippen LogP contribution in [-0.4, -0.2) is 52.3 Å². The van der Waals surface area contributed by atoms with Gasteiger partial charge in [0.05, 0.1) is 23.2 Å². The molecule has 0 saturated carbocycles. The van der Waals surface area contributed by atoms with Crippen molar-refractivity contribution in [3.8, 4) is 0 Å². The predicted molar refractivity (Wildman–Crippen MR) is 102 cm³/mol. The van der Waals surface area contributed by atoms with Crippen molar-refractivity contribution in [1.82, 2.24) is 14.9 Å². The van der Waals surface area contributed by atoms with Gasteiger partial charge in [-0.25, -0.2) is 9.78 Å². The summed E-state index contributed by atoms with van der Waals surface area (Å²) in [6, 6.07) is 0. The fraction of sp³-hybridized carbons (Fsp3) is 0.389. The first kappa shape index (κ1) is 20.5. The summed E-state index contributed by atoms with van der Waals surface area (Å²) in [5.41, 5.74) is 0.786. The molecule has 144 valence electrons. The molecule has 27 heavy (non-hydrogen) atoms. The van der Waals surface area contributed by atoms with Crippen LogP contribution in [0.25, 0.3) is 0 Å². The van der Waals surface area contributed by atoms with Crippen LogP contribution in [-0.2, 0) is 4.74 Å². The fourth-order valence-corrected chi connectivity index (χ4v) is 3.65. The molecule has 2 rings (SSSR count). The van der Waals surface area contributed by atoms with Crippen molar-refractivity contribution in [3.05, 3.63) is 40.3 Å². The molecule has 8 nitrogen and oxygen atoms in total. The van der Waals surface area contributed by atoms with E-state index in [4.69, 9.17) is 4.74 Å². The Bertz CT molecular complexity index is 831. The van der Waals surface area contributed by atoms with Gasteiger partial charge in [-0.3, -0.25) is 14.6 Å². The largest absolute Gasteiger partial charge is 0.462 e. The van der Waals surface area contributed by atoms with Crippen LogP contribution in [0.3, 0.4) is 0 Å². The molecule has 0 saturated heterocycles. The molecule has 0 aromatic carbocycles. The molecule has 2 heterocycles. The predicted octanol–water partition coefficient (Wildman–Crippen LogP) is 2.76. The van der Waals surface area contributed by atoms with E-state index >= 15 is 0 Å². The topological polar surface area (TPSA) is 101 Å². The van der Waals surface area contributed by atoms with E-state index in [9.17, 15) is 14.4 Å². The highest BCUT2D eigenvalue weighted by molar-refractivity contribution is 7.18. The molecule has 0 radical (unpaired) electrons. The van der Waals surface area contributed by atoms with E-state index in [2.05, 4.69) is 15.3 Å². The third-order valence-electron chi connectivity index (χ3n) is 3.89. The van der Waals surface area contributed by atoms with Gasteiger partial charge in [0.2, 0.25) is 0 Å². The standard InChI is InChI=1S/C18H22N4O4S/c1-5-22(6-2)17(24)14-11(4)13(18(25)26-7-3)16(27-14)21-15(23)12-10-19-8-9-20-12/h8-10H,5-7H2,1-4H3,(H,21,23). The second kappa shape index (κ2) is 9.22. The van der Waals surface area contributed by atoms with E-state index in [0.717, 1.165) is 11.3 Å². The molecule has 2 aromatic rings. The van der Waals surface area contributed by atoms with Crippen molar-refractivity contribution < 1.29 is 19.1 Å². The Balaban J connectivity index is 2.45. The smallest absolute Gasteiger partial charge is 0.341 e. The third kappa shape index (κ3) is 4.48. The normalized spacial score (nSPS) is 10.4. The molecule has 2 amide bonds. The van der Waals surface area contributed by atoms with Gasteiger partial charge < -0.3 is 15.0 Å². The van der Waals surface area contributed by atoms with Gasteiger partial charge in [-0.2, -0.15) is 0 Å².